The number of carbonyl (C=O) groups is 1. The van der Waals surface area contributed by atoms with E-state index >= 15 is 0 Å². The highest BCUT2D eigenvalue weighted by molar-refractivity contribution is 6.36. The second kappa shape index (κ2) is 10.0. The number of ether oxygens (including phenoxy) is 2. The third kappa shape index (κ3) is 6.72. The quantitative estimate of drug-likeness (QED) is 0.643. The van der Waals surface area contributed by atoms with Crippen molar-refractivity contribution in [1.82, 2.24) is 5.32 Å². The highest BCUT2D eigenvalue weighted by Crippen LogP contribution is 2.25. The predicted molar refractivity (Wildman–Crippen MR) is 101 cm³/mol. The molecule has 2 aromatic carbocycles. The second-order valence-electron chi connectivity index (χ2n) is 5.17. The molecule has 0 bridgehead atoms. The van der Waals surface area contributed by atoms with Gasteiger partial charge in [0.15, 0.2) is 0 Å². The van der Waals surface area contributed by atoms with E-state index in [-0.39, 0.29) is 5.91 Å². The zero-order valence-corrected chi connectivity index (χ0v) is 15.4. The Morgan fingerprint density at radius 3 is 2.44 bits per heavy atom. The van der Waals surface area contributed by atoms with Crippen LogP contribution < -0.4 is 20.1 Å². The molecule has 0 radical (unpaired) electrons. The Labute approximate surface area is 157 Å². The van der Waals surface area contributed by atoms with Crippen molar-refractivity contribution in [2.75, 3.05) is 32.1 Å². The fourth-order valence-electron chi connectivity index (χ4n) is 2.06. The van der Waals surface area contributed by atoms with Gasteiger partial charge in [0.1, 0.15) is 18.1 Å². The highest BCUT2D eigenvalue weighted by atomic mass is 35.5. The average molecular weight is 383 g/mol. The molecule has 0 spiro atoms. The zero-order valence-electron chi connectivity index (χ0n) is 13.9. The number of anilines is 1. The van der Waals surface area contributed by atoms with Gasteiger partial charge in [-0.15, -0.1) is 0 Å². The van der Waals surface area contributed by atoms with Crippen molar-refractivity contribution in [2.24, 2.45) is 0 Å². The molecule has 1 amide bonds. The lowest BCUT2D eigenvalue weighted by Gasteiger charge is -2.10. The molecule has 25 heavy (non-hydrogen) atoms. The number of rotatable bonds is 9. The number of nitrogens with one attached hydrogen (secondary N) is 2. The number of halogens is 2. The minimum atomic E-state index is -0.0593. The Balaban J connectivity index is 1.60. The number of benzene rings is 2. The van der Waals surface area contributed by atoms with E-state index in [0.717, 1.165) is 17.2 Å². The van der Waals surface area contributed by atoms with E-state index in [1.54, 1.807) is 25.3 Å². The van der Waals surface area contributed by atoms with Crippen molar-refractivity contribution in [2.45, 2.75) is 6.42 Å². The molecule has 7 heteroatoms. The minimum Gasteiger partial charge on any atom is -0.497 e. The van der Waals surface area contributed by atoms with Gasteiger partial charge >= 0.3 is 0 Å². The summed E-state index contributed by atoms with van der Waals surface area (Å²) in [5, 5.41) is 7.01. The van der Waals surface area contributed by atoms with Crippen LogP contribution in [0.3, 0.4) is 0 Å². The molecule has 0 unspecified atom stereocenters. The fourth-order valence-corrected chi connectivity index (χ4v) is 2.54. The van der Waals surface area contributed by atoms with Crippen LogP contribution in [-0.4, -0.2) is 32.7 Å². The maximum absolute atomic E-state index is 11.8. The van der Waals surface area contributed by atoms with Gasteiger partial charge in [0, 0.05) is 18.0 Å². The molecule has 0 aliphatic heterocycles. The SMILES string of the molecule is COc1ccc(OCCNC(=O)CCNc2ccc(Cl)cc2Cl)cc1. The summed E-state index contributed by atoms with van der Waals surface area (Å²) in [7, 11) is 1.61. The van der Waals surface area contributed by atoms with Crippen molar-refractivity contribution in [3.8, 4) is 11.5 Å². The summed E-state index contributed by atoms with van der Waals surface area (Å²) in [6.45, 7) is 1.31. The van der Waals surface area contributed by atoms with Crippen LogP contribution in [0.2, 0.25) is 10.0 Å². The number of carbonyl (C=O) groups excluding carboxylic acids is 1. The van der Waals surface area contributed by atoms with Gasteiger partial charge in [-0.2, -0.15) is 0 Å². The van der Waals surface area contributed by atoms with Crippen LogP contribution in [-0.2, 0) is 4.79 Å². The molecule has 2 rings (SSSR count). The van der Waals surface area contributed by atoms with Crippen molar-refractivity contribution in [1.29, 1.82) is 0 Å². The monoisotopic (exact) mass is 382 g/mol. The highest BCUT2D eigenvalue weighted by Gasteiger charge is 2.04. The summed E-state index contributed by atoms with van der Waals surface area (Å²) >= 11 is 11.9. The van der Waals surface area contributed by atoms with Gasteiger partial charge in [0.2, 0.25) is 5.91 Å². The molecule has 0 heterocycles. The van der Waals surface area contributed by atoms with E-state index in [1.165, 1.54) is 0 Å². The Morgan fingerprint density at radius 1 is 1.04 bits per heavy atom. The first kappa shape index (κ1) is 19.2. The first-order chi connectivity index (χ1) is 12.1. The Bertz CT molecular complexity index is 693. The van der Waals surface area contributed by atoms with Crippen LogP contribution >= 0.6 is 23.2 Å². The molecule has 5 nitrogen and oxygen atoms in total. The molecule has 0 saturated heterocycles. The molecule has 2 N–H and O–H groups in total. The summed E-state index contributed by atoms with van der Waals surface area (Å²) in [6.07, 6.45) is 0.335. The normalized spacial score (nSPS) is 10.2. The van der Waals surface area contributed by atoms with Crippen molar-refractivity contribution in [3.05, 3.63) is 52.5 Å². The Hall–Kier alpha value is -2.11. The lowest BCUT2D eigenvalue weighted by Crippen LogP contribution is -2.29. The number of amides is 1. The summed E-state index contributed by atoms with van der Waals surface area (Å²) in [5.74, 6) is 1.44. The van der Waals surface area contributed by atoms with Crippen molar-refractivity contribution in [3.63, 3.8) is 0 Å². The summed E-state index contributed by atoms with van der Waals surface area (Å²) in [5.41, 5.74) is 0.752. The van der Waals surface area contributed by atoms with E-state index in [0.29, 0.717) is 36.2 Å². The van der Waals surface area contributed by atoms with Crippen molar-refractivity contribution < 1.29 is 14.3 Å². The minimum absolute atomic E-state index is 0.0593. The first-order valence-electron chi connectivity index (χ1n) is 7.81. The van der Waals surface area contributed by atoms with Gasteiger partial charge in [-0.25, -0.2) is 0 Å². The third-order valence-electron chi connectivity index (χ3n) is 3.35. The van der Waals surface area contributed by atoms with E-state index in [9.17, 15) is 4.79 Å². The van der Waals surface area contributed by atoms with Crippen LogP contribution in [0.5, 0.6) is 11.5 Å². The van der Waals surface area contributed by atoms with Crippen LogP contribution in [0, 0.1) is 0 Å². The zero-order chi connectivity index (χ0) is 18.1. The lowest BCUT2D eigenvalue weighted by atomic mass is 10.3. The van der Waals surface area contributed by atoms with Crippen molar-refractivity contribution >= 4 is 34.8 Å². The average Bonchev–Trinajstić information content (AvgIpc) is 2.61. The summed E-state index contributed by atoms with van der Waals surface area (Å²) < 4.78 is 10.6. The van der Waals surface area contributed by atoms with Crippen LogP contribution in [0.15, 0.2) is 42.5 Å². The second-order valence-corrected chi connectivity index (χ2v) is 6.02. The predicted octanol–water partition coefficient (Wildman–Crippen LogP) is 4.00. The van der Waals surface area contributed by atoms with Crippen LogP contribution in [0.4, 0.5) is 5.69 Å². The first-order valence-corrected chi connectivity index (χ1v) is 8.56. The van der Waals surface area contributed by atoms with Gasteiger partial charge in [-0.05, 0) is 42.5 Å². The molecule has 2 aromatic rings. The number of methoxy groups -OCH3 is 1. The summed E-state index contributed by atoms with van der Waals surface area (Å²) in [4.78, 5) is 11.8. The van der Waals surface area contributed by atoms with Gasteiger partial charge in [-0.1, -0.05) is 23.2 Å². The van der Waals surface area contributed by atoms with Gasteiger partial charge in [0.05, 0.1) is 24.4 Å². The largest absolute Gasteiger partial charge is 0.497 e. The lowest BCUT2D eigenvalue weighted by molar-refractivity contribution is -0.120. The standard InChI is InChI=1S/C18H20Cl2N2O3/c1-24-14-3-5-15(6-4-14)25-11-10-22-18(23)8-9-21-17-7-2-13(19)12-16(17)20/h2-7,12,21H,8-11H2,1H3,(H,22,23). The molecule has 0 aliphatic rings. The Kier molecular flexibility index (Phi) is 7.70. The fraction of sp³-hybridized carbons (Fsp3) is 0.278. The molecule has 0 aliphatic carbocycles. The smallest absolute Gasteiger partial charge is 0.221 e. The van der Waals surface area contributed by atoms with E-state index in [2.05, 4.69) is 10.6 Å². The molecule has 0 saturated carbocycles. The Morgan fingerprint density at radius 2 is 1.76 bits per heavy atom. The van der Waals surface area contributed by atoms with Crippen LogP contribution in [0.1, 0.15) is 6.42 Å². The molecule has 134 valence electrons. The van der Waals surface area contributed by atoms with Gasteiger partial charge < -0.3 is 20.1 Å². The maximum Gasteiger partial charge on any atom is 0.221 e. The molecule has 0 aromatic heterocycles. The van der Waals surface area contributed by atoms with E-state index in [1.807, 2.05) is 24.3 Å². The van der Waals surface area contributed by atoms with Gasteiger partial charge in [-0.3, -0.25) is 4.79 Å². The summed E-state index contributed by atoms with van der Waals surface area (Å²) in [6, 6.07) is 12.5. The molecular formula is C18H20Cl2N2O3. The van der Waals surface area contributed by atoms with Gasteiger partial charge in [0.25, 0.3) is 0 Å². The molecule has 0 fully saturated rings. The number of hydrogen-bond acceptors (Lipinski definition) is 4. The van der Waals surface area contributed by atoms with Crippen LogP contribution in [0.25, 0.3) is 0 Å². The maximum atomic E-state index is 11.8. The molecular weight excluding hydrogens is 363 g/mol. The molecule has 0 atom stereocenters. The van der Waals surface area contributed by atoms with E-state index < -0.39 is 0 Å². The van der Waals surface area contributed by atoms with E-state index in [4.69, 9.17) is 32.7 Å². The number of hydrogen-bond donors (Lipinski definition) is 2. The third-order valence-corrected chi connectivity index (χ3v) is 3.90. The topological polar surface area (TPSA) is 59.6 Å².